The molecule has 1 aliphatic heterocycles. The molecule has 0 radical (unpaired) electrons. The van der Waals surface area contributed by atoms with E-state index in [1.165, 1.54) is 12.5 Å². The van der Waals surface area contributed by atoms with Crippen LogP contribution in [0.4, 0.5) is 0 Å². The molecule has 1 aliphatic rings. The highest BCUT2D eigenvalue weighted by molar-refractivity contribution is 5.48. The van der Waals surface area contributed by atoms with E-state index in [9.17, 15) is 0 Å². The van der Waals surface area contributed by atoms with Crippen LogP contribution in [0.1, 0.15) is 11.1 Å². The fourth-order valence-corrected chi connectivity index (χ4v) is 1.32. The Labute approximate surface area is 81.0 Å². The Morgan fingerprint density at radius 1 is 0.857 bits per heavy atom. The first-order chi connectivity index (χ1) is 6.85. The van der Waals surface area contributed by atoms with Crippen LogP contribution in [-0.2, 0) is 13.2 Å². The molecule has 1 heterocycles. The number of rotatable bonds is 2. The van der Waals surface area contributed by atoms with Gasteiger partial charge in [0.1, 0.15) is 12.5 Å². The Balaban J connectivity index is 2.46. The summed E-state index contributed by atoms with van der Waals surface area (Å²) in [4.78, 5) is 0. The second kappa shape index (κ2) is 3.69. The molecule has 2 rings (SSSR count). The van der Waals surface area contributed by atoms with Crippen molar-refractivity contribution in [2.75, 3.05) is 0 Å². The highest BCUT2D eigenvalue weighted by Crippen LogP contribution is 2.33. The molecule has 0 aliphatic carbocycles. The monoisotopic (exact) mass is 194 g/mol. The lowest BCUT2D eigenvalue weighted by Gasteiger charge is -2.15. The zero-order valence-corrected chi connectivity index (χ0v) is 7.43. The number of hydrogen-bond acceptors (Lipinski definition) is 4. The van der Waals surface area contributed by atoms with Crippen molar-refractivity contribution >= 4 is 0 Å². The van der Waals surface area contributed by atoms with E-state index in [0.29, 0.717) is 22.6 Å². The Morgan fingerprint density at radius 3 is 1.64 bits per heavy atom. The van der Waals surface area contributed by atoms with E-state index < -0.39 is 0 Å². The van der Waals surface area contributed by atoms with Gasteiger partial charge in [-0.05, 0) is 23.3 Å². The molecule has 0 atom stereocenters. The molecule has 74 valence electrons. The van der Waals surface area contributed by atoms with Gasteiger partial charge in [0.25, 0.3) is 0 Å². The lowest BCUT2D eigenvalue weighted by atomic mass is 10.1. The molecule has 0 bridgehead atoms. The number of ether oxygens (including phenoxy) is 2. The highest BCUT2D eigenvalue weighted by Gasteiger charge is 2.12. The zero-order chi connectivity index (χ0) is 9.97. The highest BCUT2D eigenvalue weighted by atomic mass is 16.5. The van der Waals surface area contributed by atoms with Crippen LogP contribution in [0, 0.1) is 0 Å². The zero-order valence-electron chi connectivity index (χ0n) is 7.43. The molecule has 14 heavy (non-hydrogen) atoms. The average Bonchev–Trinajstić information content (AvgIpc) is 2.27. The largest absolute Gasteiger partial charge is 0.458 e. The van der Waals surface area contributed by atoms with Crippen molar-refractivity contribution in [1.29, 1.82) is 0 Å². The predicted octanol–water partition coefficient (Wildman–Crippen LogP) is 0.914. The Kier molecular flexibility index (Phi) is 2.39. The van der Waals surface area contributed by atoms with Gasteiger partial charge in [0.15, 0.2) is 11.5 Å². The lowest BCUT2D eigenvalue weighted by Crippen LogP contribution is -2.01. The first-order valence-corrected chi connectivity index (χ1v) is 4.21. The lowest BCUT2D eigenvalue weighted by molar-refractivity contribution is 0.258. The second-order valence-corrected chi connectivity index (χ2v) is 2.89. The van der Waals surface area contributed by atoms with Crippen LogP contribution >= 0.6 is 0 Å². The van der Waals surface area contributed by atoms with Gasteiger partial charge in [-0.2, -0.15) is 0 Å². The first kappa shape index (κ1) is 9.05. The maximum atomic E-state index is 9.03. The third-order valence-corrected chi connectivity index (χ3v) is 2.05. The standard InChI is InChI=1S/C10H10O4/c11-5-7-3-9-10(4-8(7)6-12)14-2-1-13-9/h1-4,11-12H,5-6H2. The smallest absolute Gasteiger partial charge is 0.169 e. The van der Waals surface area contributed by atoms with Gasteiger partial charge in [0.2, 0.25) is 0 Å². The SMILES string of the molecule is OCc1cc2c(cc1CO)OC=CO2. The summed E-state index contributed by atoms with van der Waals surface area (Å²) >= 11 is 0. The van der Waals surface area contributed by atoms with Gasteiger partial charge in [-0.25, -0.2) is 0 Å². The first-order valence-electron chi connectivity index (χ1n) is 4.21. The summed E-state index contributed by atoms with van der Waals surface area (Å²) in [7, 11) is 0. The van der Waals surface area contributed by atoms with E-state index in [1.54, 1.807) is 12.1 Å². The van der Waals surface area contributed by atoms with Gasteiger partial charge in [-0.3, -0.25) is 0 Å². The predicted molar refractivity (Wildman–Crippen MR) is 48.7 cm³/mol. The molecule has 0 saturated carbocycles. The number of hydrogen-bond donors (Lipinski definition) is 2. The Morgan fingerprint density at radius 2 is 1.29 bits per heavy atom. The molecular weight excluding hydrogens is 184 g/mol. The third-order valence-electron chi connectivity index (χ3n) is 2.05. The molecule has 0 aromatic heterocycles. The van der Waals surface area contributed by atoms with Gasteiger partial charge in [-0.15, -0.1) is 0 Å². The van der Waals surface area contributed by atoms with E-state index >= 15 is 0 Å². The maximum absolute atomic E-state index is 9.03. The third kappa shape index (κ3) is 1.45. The number of aliphatic hydroxyl groups is 2. The normalized spacial score (nSPS) is 13.0. The summed E-state index contributed by atoms with van der Waals surface area (Å²) in [5.74, 6) is 1.10. The summed E-state index contributed by atoms with van der Waals surface area (Å²) in [6, 6.07) is 3.31. The van der Waals surface area contributed by atoms with Crippen LogP contribution < -0.4 is 9.47 Å². The second-order valence-electron chi connectivity index (χ2n) is 2.89. The molecular formula is C10H10O4. The molecule has 0 amide bonds. The van der Waals surface area contributed by atoms with E-state index in [-0.39, 0.29) is 13.2 Å². The summed E-state index contributed by atoms with van der Waals surface area (Å²) in [5, 5.41) is 18.1. The van der Waals surface area contributed by atoms with Crippen LogP contribution in [0.15, 0.2) is 24.7 Å². The van der Waals surface area contributed by atoms with Crippen LogP contribution in [0.2, 0.25) is 0 Å². The molecule has 0 fully saturated rings. The fraction of sp³-hybridized carbons (Fsp3) is 0.200. The van der Waals surface area contributed by atoms with Crippen LogP contribution in [-0.4, -0.2) is 10.2 Å². The molecule has 4 nitrogen and oxygen atoms in total. The summed E-state index contributed by atoms with van der Waals surface area (Å²) < 4.78 is 10.3. The van der Waals surface area contributed by atoms with Gasteiger partial charge in [-0.1, -0.05) is 0 Å². The van der Waals surface area contributed by atoms with Crippen molar-refractivity contribution in [3.8, 4) is 11.5 Å². The molecule has 0 unspecified atom stereocenters. The van der Waals surface area contributed by atoms with Gasteiger partial charge >= 0.3 is 0 Å². The van der Waals surface area contributed by atoms with Crippen LogP contribution in [0.3, 0.4) is 0 Å². The van der Waals surface area contributed by atoms with E-state index in [1.807, 2.05) is 0 Å². The fourth-order valence-electron chi connectivity index (χ4n) is 1.32. The van der Waals surface area contributed by atoms with Crippen molar-refractivity contribution in [2.45, 2.75) is 13.2 Å². The van der Waals surface area contributed by atoms with Crippen molar-refractivity contribution in [3.05, 3.63) is 35.8 Å². The minimum atomic E-state index is -0.129. The number of fused-ring (bicyclic) bond motifs is 1. The molecule has 0 saturated heterocycles. The van der Waals surface area contributed by atoms with Gasteiger partial charge < -0.3 is 19.7 Å². The van der Waals surface area contributed by atoms with Crippen LogP contribution in [0.5, 0.6) is 11.5 Å². The Hall–Kier alpha value is -1.52. The van der Waals surface area contributed by atoms with Gasteiger partial charge in [0, 0.05) is 0 Å². The van der Waals surface area contributed by atoms with E-state index in [0.717, 1.165) is 0 Å². The van der Waals surface area contributed by atoms with E-state index in [2.05, 4.69) is 0 Å². The molecule has 4 heteroatoms. The quantitative estimate of drug-likeness (QED) is 0.734. The summed E-state index contributed by atoms with van der Waals surface area (Å²) in [5.41, 5.74) is 1.29. The van der Waals surface area contributed by atoms with Crippen molar-refractivity contribution in [1.82, 2.24) is 0 Å². The number of benzene rings is 1. The molecule has 0 spiro atoms. The van der Waals surface area contributed by atoms with Crippen LogP contribution in [0.25, 0.3) is 0 Å². The number of aliphatic hydroxyl groups excluding tert-OH is 2. The molecule has 1 aromatic rings. The minimum Gasteiger partial charge on any atom is -0.458 e. The molecule has 1 aromatic carbocycles. The van der Waals surface area contributed by atoms with Crippen molar-refractivity contribution < 1.29 is 19.7 Å². The van der Waals surface area contributed by atoms with E-state index in [4.69, 9.17) is 19.7 Å². The molecule has 2 N–H and O–H groups in total. The van der Waals surface area contributed by atoms with Crippen molar-refractivity contribution in [2.24, 2.45) is 0 Å². The topological polar surface area (TPSA) is 58.9 Å². The van der Waals surface area contributed by atoms with Gasteiger partial charge in [0.05, 0.1) is 13.2 Å². The maximum Gasteiger partial charge on any atom is 0.169 e. The van der Waals surface area contributed by atoms with Crippen molar-refractivity contribution in [3.63, 3.8) is 0 Å². The Bertz CT molecular complexity index is 336. The summed E-state index contributed by atoms with van der Waals surface area (Å²) in [6.07, 6.45) is 2.84. The summed E-state index contributed by atoms with van der Waals surface area (Å²) in [6.45, 7) is -0.257. The average molecular weight is 194 g/mol. The minimum absolute atomic E-state index is 0.129.